The van der Waals surface area contributed by atoms with Crippen LogP contribution < -0.4 is 16.2 Å². The fraction of sp³-hybridized carbons (Fsp3) is 0.500. The number of aryl methyl sites for hydroxylation is 1. The maximum absolute atomic E-state index is 12.4. The quantitative estimate of drug-likeness (QED) is 0.716. The van der Waals surface area contributed by atoms with E-state index in [-0.39, 0.29) is 22.8 Å². The molecule has 1 saturated carbocycles. The number of nitrogens with one attached hydrogen (secondary N) is 1. The van der Waals surface area contributed by atoms with Crippen LogP contribution in [0.4, 0.5) is 5.69 Å². The van der Waals surface area contributed by atoms with Crippen LogP contribution in [-0.2, 0) is 14.8 Å². The standard InChI is InChI=1S/C14H21N3O3S/c1-9-8-11(15)4-7-13(9)21(19,20)17-12-5-2-10(3-6-12)14(16)18/h4,7-8,10,12,17H,2-3,5-6,15H2,1H3,(H2,16,18). The van der Waals surface area contributed by atoms with Gasteiger partial charge in [-0.05, 0) is 56.4 Å². The fourth-order valence-corrected chi connectivity index (χ4v) is 4.28. The molecule has 0 unspecified atom stereocenters. The minimum Gasteiger partial charge on any atom is -0.399 e. The van der Waals surface area contributed by atoms with Gasteiger partial charge in [-0.15, -0.1) is 0 Å². The van der Waals surface area contributed by atoms with Gasteiger partial charge < -0.3 is 11.5 Å². The van der Waals surface area contributed by atoms with Gasteiger partial charge in [-0.3, -0.25) is 4.79 Å². The van der Waals surface area contributed by atoms with Gasteiger partial charge >= 0.3 is 0 Å². The molecule has 0 spiro atoms. The third-order valence-electron chi connectivity index (χ3n) is 3.94. The van der Waals surface area contributed by atoms with Crippen LogP contribution in [0, 0.1) is 12.8 Å². The van der Waals surface area contributed by atoms with E-state index in [1.54, 1.807) is 19.1 Å². The van der Waals surface area contributed by atoms with Crippen molar-refractivity contribution >= 4 is 21.6 Å². The lowest BCUT2D eigenvalue weighted by Gasteiger charge is -2.27. The van der Waals surface area contributed by atoms with Crippen molar-refractivity contribution in [3.8, 4) is 0 Å². The summed E-state index contributed by atoms with van der Waals surface area (Å²) in [5.74, 6) is -0.435. The first-order valence-corrected chi connectivity index (χ1v) is 8.45. The van der Waals surface area contributed by atoms with E-state index in [1.807, 2.05) is 0 Å². The van der Waals surface area contributed by atoms with E-state index in [2.05, 4.69) is 4.72 Å². The number of benzene rings is 1. The fourth-order valence-electron chi connectivity index (χ4n) is 2.75. The molecule has 0 aromatic heterocycles. The van der Waals surface area contributed by atoms with Crippen LogP contribution in [0.25, 0.3) is 0 Å². The molecule has 21 heavy (non-hydrogen) atoms. The number of carbonyl (C=O) groups is 1. The van der Waals surface area contributed by atoms with E-state index in [4.69, 9.17) is 11.5 Å². The van der Waals surface area contributed by atoms with Crippen molar-refractivity contribution in [2.45, 2.75) is 43.5 Å². The van der Waals surface area contributed by atoms with Crippen LogP contribution in [0.15, 0.2) is 23.1 Å². The smallest absolute Gasteiger partial charge is 0.241 e. The Bertz CT molecular complexity index is 635. The van der Waals surface area contributed by atoms with E-state index >= 15 is 0 Å². The number of primary amides is 1. The highest BCUT2D eigenvalue weighted by molar-refractivity contribution is 7.89. The number of nitrogens with two attached hydrogens (primary N) is 2. The number of carbonyl (C=O) groups excluding carboxylic acids is 1. The van der Waals surface area contributed by atoms with Crippen molar-refractivity contribution in [3.05, 3.63) is 23.8 Å². The highest BCUT2D eigenvalue weighted by Crippen LogP contribution is 2.26. The first-order chi connectivity index (χ1) is 9.79. The Balaban J connectivity index is 2.07. The Kier molecular flexibility index (Phi) is 4.53. The molecular weight excluding hydrogens is 290 g/mol. The van der Waals surface area contributed by atoms with Crippen LogP contribution in [0.2, 0.25) is 0 Å². The molecule has 1 aliphatic carbocycles. The summed E-state index contributed by atoms with van der Waals surface area (Å²) < 4.78 is 27.5. The zero-order valence-electron chi connectivity index (χ0n) is 12.0. The number of hydrogen-bond acceptors (Lipinski definition) is 4. The molecule has 1 aromatic rings. The molecule has 7 heteroatoms. The summed E-state index contributed by atoms with van der Waals surface area (Å²) in [6.07, 6.45) is 2.51. The monoisotopic (exact) mass is 311 g/mol. The van der Waals surface area contributed by atoms with Crippen LogP contribution in [0.1, 0.15) is 31.2 Å². The molecule has 1 aromatic carbocycles. The Morgan fingerprint density at radius 2 is 1.86 bits per heavy atom. The topological polar surface area (TPSA) is 115 Å². The molecule has 1 aliphatic rings. The maximum atomic E-state index is 12.4. The second kappa shape index (κ2) is 6.03. The number of amides is 1. The van der Waals surface area contributed by atoms with Gasteiger partial charge in [-0.2, -0.15) is 0 Å². The van der Waals surface area contributed by atoms with Crippen LogP contribution in [-0.4, -0.2) is 20.4 Å². The van der Waals surface area contributed by atoms with Gasteiger partial charge in [0.05, 0.1) is 4.90 Å². The third-order valence-corrected chi connectivity index (χ3v) is 5.62. The molecule has 0 aliphatic heterocycles. The van der Waals surface area contributed by atoms with Crippen molar-refractivity contribution in [2.75, 3.05) is 5.73 Å². The maximum Gasteiger partial charge on any atom is 0.241 e. The largest absolute Gasteiger partial charge is 0.399 e. The van der Waals surface area contributed by atoms with Crippen molar-refractivity contribution < 1.29 is 13.2 Å². The Morgan fingerprint density at radius 3 is 2.38 bits per heavy atom. The molecule has 1 fully saturated rings. The molecule has 0 atom stereocenters. The van der Waals surface area contributed by atoms with Gasteiger partial charge in [0.25, 0.3) is 0 Å². The lowest BCUT2D eigenvalue weighted by atomic mass is 9.86. The molecule has 6 nitrogen and oxygen atoms in total. The Morgan fingerprint density at radius 1 is 1.24 bits per heavy atom. The molecule has 2 rings (SSSR count). The number of nitrogen functional groups attached to an aromatic ring is 1. The average Bonchev–Trinajstić information content (AvgIpc) is 2.38. The van der Waals surface area contributed by atoms with Crippen molar-refractivity contribution in [1.82, 2.24) is 4.72 Å². The van der Waals surface area contributed by atoms with Gasteiger partial charge in [-0.25, -0.2) is 13.1 Å². The second-order valence-corrected chi connectivity index (χ2v) is 7.28. The normalized spacial score (nSPS) is 22.9. The minimum absolute atomic E-state index is 0.135. The number of sulfonamides is 1. The van der Waals surface area contributed by atoms with Crippen molar-refractivity contribution in [1.29, 1.82) is 0 Å². The first-order valence-electron chi connectivity index (χ1n) is 6.97. The molecule has 0 radical (unpaired) electrons. The molecular formula is C14H21N3O3S. The average molecular weight is 311 g/mol. The summed E-state index contributed by atoms with van der Waals surface area (Å²) in [5, 5.41) is 0. The Hall–Kier alpha value is -1.60. The zero-order valence-corrected chi connectivity index (χ0v) is 12.8. The van der Waals surface area contributed by atoms with Gasteiger partial charge in [0, 0.05) is 17.6 Å². The summed E-state index contributed by atoms with van der Waals surface area (Å²) in [5.41, 5.74) is 12.1. The van der Waals surface area contributed by atoms with Crippen molar-refractivity contribution in [3.63, 3.8) is 0 Å². The van der Waals surface area contributed by atoms with Crippen LogP contribution in [0.5, 0.6) is 0 Å². The summed E-state index contributed by atoms with van der Waals surface area (Å²) in [4.78, 5) is 11.4. The van der Waals surface area contributed by atoms with Gasteiger partial charge in [0.2, 0.25) is 15.9 Å². The predicted molar refractivity (Wildman–Crippen MR) is 80.9 cm³/mol. The second-order valence-electron chi connectivity index (χ2n) is 5.60. The summed E-state index contributed by atoms with van der Waals surface area (Å²) >= 11 is 0. The first kappa shape index (κ1) is 15.8. The molecule has 0 heterocycles. The van der Waals surface area contributed by atoms with E-state index < -0.39 is 10.0 Å². The lowest BCUT2D eigenvalue weighted by Crippen LogP contribution is -2.39. The van der Waals surface area contributed by atoms with Gasteiger partial charge in [-0.1, -0.05) is 0 Å². The molecule has 0 bridgehead atoms. The van der Waals surface area contributed by atoms with E-state index in [9.17, 15) is 13.2 Å². The summed E-state index contributed by atoms with van der Waals surface area (Å²) in [7, 11) is -3.57. The van der Waals surface area contributed by atoms with E-state index in [1.165, 1.54) is 6.07 Å². The highest BCUT2D eigenvalue weighted by atomic mass is 32.2. The van der Waals surface area contributed by atoms with Gasteiger partial charge in [0.1, 0.15) is 0 Å². The number of anilines is 1. The predicted octanol–water partition coefficient (Wildman–Crippen LogP) is 0.900. The number of rotatable bonds is 4. The summed E-state index contributed by atoms with van der Waals surface area (Å²) in [6.45, 7) is 1.72. The van der Waals surface area contributed by atoms with E-state index in [0.717, 1.165) is 0 Å². The minimum atomic E-state index is -3.57. The highest BCUT2D eigenvalue weighted by Gasteiger charge is 2.28. The number of hydrogen-bond donors (Lipinski definition) is 3. The third kappa shape index (κ3) is 3.74. The van der Waals surface area contributed by atoms with Crippen molar-refractivity contribution in [2.24, 2.45) is 11.7 Å². The molecule has 5 N–H and O–H groups in total. The SMILES string of the molecule is Cc1cc(N)ccc1S(=O)(=O)NC1CCC(C(N)=O)CC1. The van der Waals surface area contributed by atoms with E-state index in [0.29, 0.717) is 36.9 Å². The van der Waals surface area contributed by atoms with Crippen LogP contribution >= 0.6 is 0 Å². The van der Waals surface area contributed by atoms with Gasteiger partial charge in [0.15, 0.2) is 0 Å². The summed E-state index contributed by atoms with van der Waals surface area (Å²) in [6, 6.07) is 4.58. The molecule has 116 valence electrons. The molecule has 1 amide bonds. The zero-order chi connectivity index (χ0) is 15.6. The Labute approximate surface area is 124 Å². The van der Waals surface area contributed by atoms with Crippen LogP contribution in [0.3, 0.4) is 0 Å². The lowest BCUT2D eigenvalue weighted by molar-refractivity contribution is -0.122. The molecule has 0 saturated heterocycles.